The summed E-state index contributed by atoms with van der Waals surface area (Å²) in [7, 11) is 0. The van der Waals surface area contributed by atoms with Crippen molar-refractivity contribution in [1.82, 2.24) is 9.38 Å². The van der Waals surface area contributed by atoms with Crippen LogP contribution >= 0.6 is 11.3 Å². The SMILES string of the molecule is Cc1cc(F)cc(C(O)Cc2cn3ccsc3n2)c1. The number of aromatic nitrogens is 2. The molecule has 2 heterocycles. The van der Waals surface area contributed by atoms with Crippen LogP contribution in [0.3, 0.4) is 0 Å². The summed E-state index contributed by atoms with van der Waals surface area (Å²) in [6, 6.07) is 4.62. The molecule has 1 atom stereocenters. The van der Waals surface area contributed by atoms with Crippen molar-refractivity contribution in [2.75, 3.05) is 0 Å². The molecule has 0 aliphatic carbocycles. The molecule has 0 saturated carbocycles. The molecule has 1 unspecified atom stereocenters. The van der Waals surface area contributed by atoms with Crippen LogP contribution in [-0.4, -0.2) is 14.5 Å². The number of rotatable bonds is 3. The Morgan fingerprint density at radius 1 is 1.42 bits per heavy atom. The number of aryl methyl sites for hydroxylation is 1. The van der Waals surface area contributed by atoms with E-state index >= 15 is 0 Å². The lowest BCUT2D eigenvalue weighted by Crippen LogP contribution is -2.03. The molecule has 3 aromatic rings. The number of aliphatic hydroxyl groups is 1. The van der Waals surface area contributed by atoms with Crippen molar-refractivity contribution >= 4 is 16.3 Å². The average Bonchev–Trinajstić information content (AvgIpc) is 2.88. The van der Waals surface area contributed by atoms with Crippen molar-refractivity contribution in [1.29, 1.82) is 0 Å². The first-order valence-corrected chi connectivity index (χ1v) is 6.86. The van der Waals surface area contributed by atoms with Crippen LogP contribution in [0.5, 0.6) is 0 Å². The largest absolute Gasteiger partial charge is 0.388 e. The van der Waals surface area contributed by atoms with E-state index in [1.165, 1.54) is 12.1 Å². The highest BCUT2D eigenvalue weighted by atomic mass is 32.1. The lowest BCUT2D eigenvalue weighted by Gasteiger charge is -2.10. The van der Waals surface area contributed by atoms with Gasteiger partial charge in [-0.15, -0.1) is 11.3 Å². The first kappa shape index (κ1) is 12.3. The number of aliphatic hydroxyl groups excluding tert-OH is 1. The van der Waals surface area contributed by atoms with Crippen LogP contribution in [0.2, 0.25) is 0 Å². The summed E-state index contributed by atoms with van der Waals surface area (Å²) >= 11 is 1.55. The molecule has 0 amide bonds. The molecule has 0 aliphatic heterocycles. The van der Waals surface area contributed by atoms with Crippen LogP contribution < -0.4 is 0 Å². The van der Waals surface area contributed by atoms with Gasteiger partial charge in [0, 0.05) is 24.2 Å². The van der Waals surface area contributed by atoms with Crippen LogP contribution in [0.15, 0.2) is 36.0 Å². The molecule has 1 aromatic carbocycles. The Bertz CT molecular complexity index is 670. The summed E-state index contributed by atoms with van der Waals surface area (Å²) < 4.78 is 15.2. The Morgan fingerprint density at radius 2 is 2.26 bits per heavy atom. The first-order chi connectivity index (χ1) is 9.11. The Morgan fingerprint density at radius 3 is 3.00 bits per heavy atom. The highest BCUT2D eigenvalue weighted by molar-refractivity contribution is 7.15. The minimum atomic E-state index is -0.737. The number of hydrogen-bond acceptors (Lipinski definition) is 3. The predicted molar refractivity (Wildman–Crippen MR) is 72.9 cm³/mol. The van der Waals surface area contributed by atoms with Gasteiger partial charge in [-0.2, -0.15) is 0 Å². The number of nitrogens with zero attached hydrogens (tertiary/aromatic N) is 2. The fraction of sp³-hybridized carbons (Fsp3) is 0.214. The summed E-state index contributed by atoms with van der Waals surface area (Å²) in [6.07, 6.45) is 3.47. The second-order valence-corrected chi connectivity index (χ2v) is 5.48. The van der Waals surface area contributed by atoms with Gasteiger partial charge >= 0.3 is 0 Å². The van der Waals surface area contributed by atoms with Crippen molar-refractivity contribution in [3.8, 4) is 0 Å². The van der Waals surface area contributed by atoms with Gasteiger partial charge < -0.3 is 5.11 Å². The lowest BCUT2D eigenvalue weighted by atomic mass is 10.0. The number of hydrogen-bond donors (Lipinski definition) is 1. The van der Waals surface area contributed by atoms with Gasteiger partial charge in [-0.3, -0.25) is 4.40 Å². The van der Waals surface area contributed by atoms with Crippen LogP contribution in [0.25, 0.3) is 4.96 Å². The van der Waals surface area contributed by atoms with E-state index in [4.69, 9.17) is 0 Å². The van der Waals surface area contributed by atoms with Gasteiger partial charge in [0.05, 0.1) is 11.8 Å². The van der Waals surface area contributed by atoms with E-state index in [1.807, 2.05) is 29.1 Å². The normalized spacial score (nSPS) is 13.0. The molecule has 0 spiro atoms. The van der Waals surface area contributed by atoms with Gasteiger partial charge in [0.25, 0.3) is 0 Å². The van der Waals surface area contributed by atoms with Crippen LogP contribution in [0.1, 0.15) is 22.9 Å². The third kappa shape index (κ3) is 2.52. The molecule has 19 heavy (non-hydrogen) atoms. The molecule has 0 aliphatic rings. The second kappa shape index (κ2) is 4.75. The quantitative estimate of drug-likeness (QED) is 0.798. The highest BCUT2D eigenvalue weighted by Crippen LogP contribution is 2.21. The molecule has 98 valence electrons. The van der Waals surface area contributed by atoms with Crippen molar-refractivity contribution in [3.63, 3.8) is 0 Å². The number of halogens is 1. The van der Waals surface area contributed by atoms with E-state index in [1.54, 1.807) is 17.4 Å². The van der Waals surface area contributed by atoms with Gasteiger partial charge in [0.2, 0.25) is 0 Å². The molecular weight excluding hydrogens is 263 g/mol. The minimum absolute atomic E-state index is 0.320. The van der Waals surface area contributed by atoms with Gasteiger partial charge in [0.15, 0.2) is 4.96 Å². The molecule has 0 radical (unpaired) electrons. The fourth-order valence-corrected chi connectivity index (χ4v) is 2.87. The van der Waals surface area contributed by atoms with E-state index in [9.17, 15) is 9.50 Å². The number of benzene rings is 1. The van der Waals surface area contributed by atoms with E-state index in [0.29, 0.717) is 12.0 Å². The maximum atomic E-state index is 13.3. The Kier molecular flexibility index (Phi) is 3.08. The third-order valence-corrected chi connectivity index (χ3v) is 3.77. The molecule has 0 bridgehead atoms. The summed E-state index contributed by atoms with van der Waals surface area (Å²) in [6.45, 7) is 1.81. The summed E-state index contributed by atoms with van der Waals surface area (Å²) in [5, 5.41) is 12.1. The predicted octanol–water partition coefficient (Wildman–Crippen LogP) is 3.12. The topological polar surface area (TPSA) is 37.5 Å². The summed E-state index contributed by atoms with van der Waals surface area (Å²) in [5.41, 5.74) is 2.20. The van der Waals surface area contributed by atoms with Crippen LogP contribution in [-0.2, 0) is 6.42 Å². The molecule has 0 fully saturated rings. The van der Waals surface area contributed by atoms with Crippen molar-refractivity contribution in [3.05, 3.63) is 58.6 Å². The van der Waals surface area contributed by atoms with E-state index in [0.717, 1.165) is 16.2 Å². The molecule has 1 N–H and O–H groups in total. The lowest BCUT2D eigenvalue weighted by molar-refractivity contribution is 0.177. The Labute approximate surface area is 114 Å². The molecule has 5 heteroatoms. The van der Waals surface area contributed by atoms with Crippen molar-refractivity contribution in [2.24, 2.45) is 0 Å². The minimum Gasteiger partial charge on any atom is -0.388 e. The standard InChI is InChI=1S/C14H13FN2OS/c1-9-4-10(6-11(15)5-9)13(18)7-12-8-17-2-3-19-14(17)16-12/h2-6,8,13,18H,7H2,1H3. The number of imidazole rings is 1. The maximum absolute atomic E-state index is 13.3. The fourth-order valence-electron chi connectivity index (χ4n) is 2.15. The molecule has 0 saturated heterocycles. The smallest absolute Gasteiger partial charge is 0.193 e. The van der Waals surface area contributed by atoms with Crippen LogP contribution in [0, 0.1) is 12.7 Å². The summed E-state index contributed by atoms with van der Waals surface area (Å²) in [4.78, 5) is 5.31. The number of thiazole rings is 1. The van der Waals surface area contributed by atoms with Crippen molar-refractivity contribution in [2.45, 2.75) is 19.4 Å². The Hall–Kier alpha value is -1.72. The van der Waals surface area contributed by atoms with Crippen molar-refractivity contribution < 1.29 is 9.50 Å². The van der Waals surface area contributed by atoms with E-state index in [2.05, 4.69) is 4.98 Å². The van der Waals surface area contributed by atoms with Gasteiger partial charge in [-0.25, -0.2) is 9.37 Å². The number of fused-ring (bicyclic) bond motifs is 1. The van der Waals surface area contributed by atoms with Gasteiger partial charge in [0.1, 0.15) is 5.82 Å². The molecule has 2 aromatic heterocycles. The Balaban J connectivity index is 1.84. The highest BCUT2D eigenvalue weighted by Gasteiger charge is 2.13. The average molecular weight is 276 g/mol. The zero-order valence-electron chi connectivity index (χ0n) is 10.4. The molecule has 3 nitrogen and oxygen atoms in total. The van der Waals surface area contributed by atoms with Gasteiger partial charge in [-0.1, -0.05) is 6.07 Å². The first-order valence-electron chi connectivity index (χ1n) is 5.98. The van der Waals surface area contributed by atoms with E-state index < -0.39 is 6.10 Å². The maximum Gasteiger partial charge on any atom is 0.193 e. The molecular formula is C14H13FN2OS. The monoisotopic (exact) mass is 276 g/mol. The molecule has 3 rings (SSSR count). The van der Waals surface area contributed by atoms with Crippen LogP contribution in [0.4, 0.5) is 4.39 Å². The summed E-state index contributed by atoms with van der Waals surface area (Å²) in [5.74, 6) is -0.320. The van der Waals surface area contributed by atoms with E-state index in [-0.39, 0.29) is 5.82 Å². The zero-order valence-corrected chi connectivity index (χ0v) is 11.2. The zero-order chi connectivity index (χ0) is 13.4. The third-order valence-electron chi connectivity index (χ3n) is 2.99. The van der Waals surface area contributed by atoms with Gasteiger partial charge in [-0.05, 0) is 30.2 Å². The second-order valence-electron chi connectivity index (χ2n) is 4.61.